The van der Waals surface area contributed by atoms with Crippen molar-refractivity contribution < 1.29 is 0 Å². The Labute approximate surface area is 83.1 Å². The van der Waals surface area contributed by atoms with Gasteiger partial charge in [0.15, 0.2) is 0 Å². The third kappa shape index (κ3) is 1.17. The maximum Gasteiger partial charge on any atom is -0.0246 e. The van der Waals surface area contributed by atoms with Crippen LogP contribution in [0, 0.1) is 22.7 Å². The second-order valence-electron chi connectivity index (χ2n) is 6.27. The van der Waals surface area contributed by atoms with E-state index in [2.05, 4.69) is 27.7 Å². The zero-order valence-electron chi connectivity index (χ0n) is 9.69. The summed E-state index contributed by atoms with van der Waals surface area (Å²) in [6.07, 6.45) is 7.39. The van der Waals surface area contributed by atoms with E-state index in [0.717, 1.165) is 11.8 Å². The minimum Gasteiger partial charge on any atom is -0.0625 e. The van der Waals surface area contributed by atoms with Crippen molar-refractivity contribution in [2.24, 2.45) is 22.7 Å². The van der Waals surface area contributed by atoms with Crippen molar-refractivity contribution in [3.05, 3.63) is 0 Å². The monoisotopic (exact) mass is 180 g/mol. The molecule has 2 fully saturated rings. The maximum atomic E-state index is 2.55. The SMILES string of the molecule is CC1CCC(C)(C2(C)CC[C@@H]2C)C1. The minimum absolute atomic E-state index is 0.671. The average molecular weight is 180 g/mol. The van der Waals surface area contributed by atoms with Crippen LogP contribution in [-0.2, 0) is 0 Å². The highest BCUT2D eigenvalue weighted by Gasteiger charge is 2.54. The van der Waals surface area contributed by atoms with Crippen LogP contribution in [0.2, 0.25) is 0 Å². The minimum atomic E-state index is 0.671. The highest BCUT2D eigenvalue weighted by molar-refractivity contribution is 5.04. The van der Waals surface area contributed by atoms with E-state index >= 15 is 0 Å². The molecule has 0 bridgehead atoms. The summed E-state index contributed by atoms with van der Waals surface area (Å²) in [6.45, 7) is 9.97. The molecule has 0 nitrogen and oxygen atoms in total. The lowest BCUT2D eigenvalue weighted by Crippen LogP contribution is -2.47. The molecule has 0 spiro atoms. The molecular weight excluding hydrogens is 156 g/mol. The van der Waals surface area contributed by atoms with Gasteiger partial charge in [0.25, 0.3) is 0 Å². The summed E-state index contributed by atoms with van der Waals surface area (Å²) in [5.41, 5.74) is 1.35. The van der Waals surface area contributed by atoms with E-state index in [9.17, 15) is 0 Å². The molecule has 0 aliphatic heterocycles. The summed E-state index contributed by atoms with van der Waals surface area (Å²) >= 11 is 0. The Morgan fingerprint density at radius 1 is 1.00 bits per heavy atom. The van der Waals surface area contributed by atoms with Crippen LogP contribution in [0.1, 0.15) is 59.8 Å². The normalized spacial score (nSPS) is 56.3. The van der Waals surface area contributed by atoms with Gasteiger partial charge in [-0.3, -0.25) is 0 Å². The van der Waals surface area contributed by atoms with Gasteiger partial charge in [0, 0.05) is 0 Å². The Bertz CT molecular complexity index is 208. The Morgan fingerprint density at radius 3 is 2.00 bits per heavy atom. The van der Waals surface area contributed by atoms with E-state index in [4.69, 9.17) is 0 Å². The third-order valence-electron chi connectivity index (χ3n) is 5.55. The van der Waals surface area contributed by atoms with Crippen molar-refractivity contribution in [2.45, 2.75) is 59.8 Å². The number of rotatable bonds is 1. The average Bonchev–Trinajstić information content (AvgIpc) is 2.43. The lowest BCUT2D eigenvalue weighted by Gasteiger charge is -2.56. The third-order valence-corrected chi connectivity index (χ3v) is 5.55. The summed E-state index contributed by atoms with van der Waals surface area (Å²) in [4.78, 5) is 0. The smallest absolute Gasteiger partial charge is 0.0246 e. The van der Waals surface area contributed by atoms with Crippen molar-refractivity contribution in [2.75, 3.05) is 0 Å². The molecule has 3 unspecified atom stereocenters. The largest absolute Gasteiger partial charge is 0.0625 e. The van der Waals surface area contributed by atoms with Crippen LogP contribution in [0.5, 0.6) is 0 Å². The lowest BCUT2D eigenvalue weighted by atomic mass is 9.49. The van der Waals surface area contributed by atoms with Gasteiger partial charge in [0.05, 0.1) is 0 Å². The summed E-state index contributed by atoms with van der Waals surface area (Å²) in [7, 11) is 0. The highest BCUT2D eigenvalue weighted by atomic mass is 14.6. The summed E-state index contributed by atoms with van der Waals surface area (Å²) in [6, 6.07) is 0. The fraction of sp³-hybridized carbons (Fsp3) is 1.00. The van der Waals surface area contributed by atoms with Crippen LogP contribution >= 0.6 is 0 Å². The number of hydrogen-bond acceptors (Lipinski definition) is 0. The van der Waals surface area contributed by atoms with Crippen LogP contribution in [0.15, 0.2) is 0 Å². The summed E-state index contributed by atoms with van der Waals surface area (Å²) < 4.78 is 0. The standard InChI is InChI=1S/C13H24/c1-10-5-7-12(3,9-10)13(4)8-6-11(13)2/h10-11H,5-9H2,1-4H3/t10?,11-,12?,13?/m0/s1. The first-order valence-electron chi connectivity index (χ1n) is 5.98. The van der Waals surface area contributed by atoms with Crippen molar-refractivity contribution in [1.29, 1.82) is 0 Å². The van der Waals surface area contributed by atoms with Gasteiger partial charge < -0.3 is 0 Å². The summed E-state index contributed by atoms with van der Waals surface area (Å²) in [5, 5.41) is 0. The molecule has 2 rings (SSSR count). The first kappa shape index (κ1) is 9.55. The van der Waals surface area contributed by atoms with E-state index in [1.165, 1.54) is 32.1 Å². The molecule has 0 heteroatoms. The molecule has 0 aromatic carbocycles. The van der Waals surface area contributed by atoms with Gasteiger partial charge in [0.2, 0.25) is 0 Å². The van der Waals surface area contributed by atoms with E-state index in [1.54, 1.807) is 0 Å². The lowest BCUT2D eigenvalue weighted by molar-refractivity contribution is -0.0661. The van der Waals surface area contributed by atoms with Crippen molar-refractivity contribution in [1.82, 2.24) is 0 Å². The van der Waals surface area contributed by atoms with E-state index in [0.29, 0.717) is 10.8 Å². The molecule has 2 saturated carbocycles. The molecule has 2 aliphatic carbocycles. The van der Waals surface area contributed by atoms with Gasteiger partial charge >= 0.3 is 0 Å². The van der Waals surface area contributed by atoms with Crippen molar-refractivity contribution in [3.63, 3.8) is 0 Å². The Morgan fingerprint density at radius 2 is 1.69 bits per heavy atom. The van der Waals surface area contributed by atoms with Crippen molar-refractivity contribution in [3.8, 4) is 0 Å². The van der Waals surface area contributed by atoms with Crippen LogP contribution in [0.25, 0.3) is 0 Å². The zero-order chi connectivity index (χ0) is 9.69. The van der Waals surface area contributed by atoms with Gasteiger partial charge in [-0.2, -0.15) is 0 Å². The molecular formula is C13H24. The molecule has 76 valence electrons. The Hall–Kier alpha value is 0. The fourth-order valence-electron chi connectivity index (χ4n) is 3.82. The second kappa shape index (κ2) is 2.74. The molecule has 0 saturated heterocycles. The van der Waals surface area contributed by atoms with Gasteiger partial charge in [-0.1, -0.05) is 34.1 Å². The second-order valence-corrected chi connectivity index (χ2v) is 6.27. The topological polar surface area (TPSA) is 0 Å². The first-order chi connectivity index (χ1) is 5.98. The zero-order valence-corrected chi connectivity index (χ0v) is 9.69. The van der Waals surface area contributed by atoms with E-state index in [-0.39, 0.29) is 0 Å². The van der Waals surface area contributed by atoms with Crippen molar-refractivity contribution >= 4 is 0 Å². The fourth-order valence-corrected chi connectivity index (χ4v) is 3.82. The van der Waals surface area contributed by atoms with Gasteiger partial charge in [-0.15, -0.1) is 0 Å². The van der Waals surface area contributed by atoms with Crippen LogP contribution in [0.4, 0.5) is 0 Å². The molecule has 0 radical (unpaired) electrons. The number of hydrogen-bond donors (Lipinski definition) is 0. The molecule has 0 amide bonds. The van der Waals surface area contributed by atoms with E-state index in [1.807, 2.05) is 0 Å². The molecule has 4 atom stereocenters. The quantitative estimate of drug-likeness (QED) is 0.566. The molecule has 0 aromatic heterocycles. The molecule has 2 aliphatic rings. The highest BCUT2D eigenvalue weighted by Crippen LogP contribution is 2.64. The molecule has 0 N–H and O–H groups in total. The molecule has 0 aromatic rings. The Balaban J connectivity index is 2.15. The predicted molar refractivity (Wildman–Crippen MR) is 57.6 cm³/mol. The Kier molecular flexibility index (Phi) is 2.02. The summed E-state index contributed by atoms with van der Waals surface area (Å²) in [5.74, 6) is 1.96. The maximum absolute atomic E-state index is 2.55. The molecule has 13 heavy (non-hydrogen) atoms. The predicted octanol–water partition coefficient (Wildman–Crippen LogP) is 4.25. The van der Waals surface area contributed by atoms with Crippen LogP contribution < -0.4 is 0 Å². The van der Waals surface area contributed by atoms with Crippen LogP contribution in [-0.4, -0.2) is 0 Å². The molecule has 0 heterocycles. The van der Waals surface area contributed by atoms with E-state index < -0.39 is 0 Å². The first-order valence-corrected chi connectivity index (χ1v) is 5.98. The van der Waals surface area contributed by atoms with Gasteiger partial charge in [0.1, 0.15) is 0 Å². The van der Waals surface area contributed by atoms with Gasteiger partial charge in [-0.05, 0) is 48.3 Å². The van der Waals surface area contributed by atoms with Gasteiger partial charge in [-0.25, -0.2) is 0 Å². The van der Waals surface area contributed by atoms with Crippen LogP contribution in [0.3, 0.4) is 0 Å².